The van der Waals surface area contributed by atoms with E-state index < -0.39 is 5.97 Å². The van der Waals surface area contributed by atoms with Gasteiger partial charge in [-0.25, -0.2) is 4.39 Å². The highest BCUT2D eigenvalue weighted by Gasteiger charge is 2.34. The molecule has 1 heterocycles. The highest BCUT2D eigenvalue weighted by atomic mass is 19.1. The van der Waals surface area contributed by atoms with Crippen molar-refractivity contribution in [1.29, 1.82) is 0 Å². The lowest BCUT2D eigenvalue weighted by atomic mass is 9.90. The molecular weight excluding hydrogens is 421 g/mol. The predicted molar refractivity (Wildman–Crippen MR) is 124 cm³/mol. The number of aromatic nitrogens is 1. The molecule has 33 heavy (non-hydrogen) atoms. The van der Waals surface area contributed by atoms with E-state index in [2.05, 4.69) is 11.2 Å². The maximum atomic E-state index is 14.6. The number of aliphatic carboxylic acids is 1. The highest BCUT2D eigenvalue weighted by molar-refractivity contribution is 5.75. The third-order valence-corrected chi connectivity index (χ3v) is 6.52. The second kappa shape index (κ2) is 8.85. The lowest BCUT2D eigenvalue weighted by Crippen LogP contribution is -2.08. The van der Waals surface area contributed by atoms with Crippen molar-refractivity contribution in [2.75, 3.05) is 7.11 Å². The van der Waals surface area contributed by atoms with Crippen molar-refractivity contribution in [2.45, 2.75) is 43.9 Å². The molecule has 0 aliphatic heterocycles. The van der Waals surface area contributed by atoms with Crippen LogP contribution in [0.2, 0.25) is 0 Å². The van der Waals surface area contributed by atoms with Crippen molar-refractivity contribution in [3.63, 3.8) is 0 Å². The average molecular weight is 448 g/mol. The monoisotopic (exact) mass is 447 g/mol. The first-order valence-electron chi connectivity index (χ1n) is 11.4. The van der Waals surface area contributed by atoms with Crippen LogP contribution in [0.1, 0.15) is 66.4 Å². The van der Waals surface area contributed by atoms with E-state index in [9.17, 15) is 14.3 Å². The summed E-state index contributed by atoms with van der Waals surface area (Å²) in [7, 11) is 1.55. The summed E-state index contributed by atoms with van der Waals surface area (Å²) in [4.78, 5) is 11.3. The Morgan fingerprint density at radius 3 is 2.73 bits per heavy atom. The topological polar surface area (TPSA) is 72.6 Å². The van der Waals surface area contributed by atoms with Crippen LogP contribution in [0.3, 0.4) is 0 Å². The first-order valence-corrected chi connectivity index (χ1v) is 11.4. The molecule has 3 aromatic rings. The molecule has 0 amide bonds. The van der Waals surface area contributed by atoms with E-state index in [1.165, 1.54) is 6.07 Å². The molecule has 2 aromatic carbocycles. The van der Waals surface area contributed by atoms with Crippen LogP contribution >= 0.6 is 0 Å². The molecule has 170 valence electrons. The summed E-state index contributed by atoms with van der Waals surface area (Å²) in [6.45, 7) is 0. The van der Waals surface area contributed by atoms with E-state index in [-0.39, 0.29) is 18.2 Å². The van der Waals surface area contributed by atoms with Crippen LogP contribution in [-0.4, -0.2) is 23.3 Å². The number of benzene rings is 2. The fourth-order valence-corrected chi connectivity index (χ4v) is 4.51. The third-order valence-electron chi connectivity index (χ3n) is 6.52. The van der Waals surface area contributed by atoms with Crippen molar-refractivity contribution >= 4 is 18.1 Å². The number of carboxylic acids is 1. The second-order valence-electron chi connectivity index (χ2n) is 8.97. The normalized spacial score (nSPS) is 16.8. The fourth-order valence-electron chi connectivity index (χ4n) is 4.51. The Labute approximate surface area is 191 Å². The molecule has 0 saturated heterocycles. The molecule has 0 unspecified atom stereocenters. The zero-order valence-corrected chi connectivity index (χ0v) is 18.5. The maximum Gasteiger partial charge on any atom is 0.303 e. The Balaban J connectivity index is 1.45. The lowest BCUT2D eigenvalue weighted by Gasteiger charge is -2.15. The van der Waals surface area contributed by atoms with Gasteiger partial charge in [-0.05, 0) is 78.8 Å². The number of hydrogen-bond acceptors (Lipinski definition) is 4. The smallest absolute Gasteiger partial charge is 0.303 e. The summed E-state index contributed by atoms with van der Waals surface area (Å²) in [5, 5.41) is 13.5. The van der Waals surface area contributed by atoms with Gasteiger partial charge in [-0.1, -0.05) is 35.5 Å². The van der Waals surface area contributed by atoms with E-state index >= 15 is 0 Å². The highest BCUT2D eigenvalue weighted by Crippen LogP contribution is 2.47. The summed E-state index contributed by atoms with van der Waals surface area (Å²) in [5.41, 5.74) is 3.86. The van der Waals surface area contributed by atoms with E-state index in [4.69, 9.17) is 9.26 Å². The SMILES string of the molecule is COc1ccc(F)c(-c2noc(/C=C/c3cccc([C@@H](CC(=O)O)C4CC4)c3)c2C2CC2)c1. The van der Waals surface area contributed by atoms with Crippen LogP contribution in [-0.2, 0) is 4.79 Å². The van der Waals surface area contributed by atoms with Gasteiger partial charge in [0.05, 0.1) is 13.5 Å². The molecule has 2 aliphatic carbocycles. The number of hydrogen-bond donors (Lipinski definition) is 1. The molecule has 1 aromatic heterocycles. The van der Waals surface area contributed by atoms with Gasteiger partial charge in [0.25, 0.3) is 0 Å². The summed E-state index contributed by atoms with van der Waals surface area (Å²) in [6.07, 6.45) is 8.20. The number of ether oxygens (including phenoxy) is 1. The standard InChI is InChI=1S/C27H26FNO4/c1-32-20-10-11-23(28)22(14-20)27-26(18-8-9-18)24(33-29-27)12-5-16-3-2-4-19(13-16)21(15-25(30)31)17-6-7-17/h2-5,10-14,17-18,21H,6-9,15H2,1H3,(H,30,31)/b12-5+/t21-/m0/s1. The molecule has 2 aliphatic rings. The molecule has 0 spiro atoms. The zero-order valence-electron chi connectivity index (χ0n) is 18.5. The summed E-state index contributed by atoms with van der Waals surface area (Å²) in [6, 6.07) is 12.6. The minimum atomic E-state index is -0.763. The van der Waals surface area contributed by atoms with Gasteiger partial charge in [0.15, 0.2) is 5.76 Å². The molecule has 6 heteroatoms. The van der Waals surface area contributed by atoms with Gasteiger partial charge >= 0.3 is 5.97 Å². The van der Waals surface area contributed by atoms with Crippen LogP contribution < -0.4 is 4.74 Å². The van der Waals surface area contributed by atoms with Crippen LogP contribution in [0, 0.1) is 11.7 Å². The lowest BCUT2D eigenvalue weighted by molar-refractivity contribution is -0.137. The largest absolute Gasteiger partial charge is 0.497 e. The van der Waals surface area contributed by atoms with Gasteiger partial charge in [0, 0.05) is 11.1 Å². The minimum absolute atomic E-state index is 0.0470. The summed E-state index contributed by atoms with van der Waals surface area (Å²) < 4.78 is 25.5. The Kier molecular flexibility index (Phi) is 5.75. The number of carboxylic acid groups (broad SMARTS) is 1. The predicted octanol–water partition coefficient (Wildman–Crippen LogP) is 6.51. The van der Waals surface area contributed by atoms with Crippen LogP contribution in [0.15, 0.2) is 47.0 Å². The van der Waals surface area contributed by atoms with Gasteiger partial charge in [0.2, 0.25) is 0 Å². The number of carbonyl (C=O) groups is 1. The average Bonchev–Trinajstić information content (AvgIpc) is 3.75. The van der Waals surface area contributed by atoms with E-state index in [0.717, 1.165) is 42.4 Å². The number of methoxy groups -OCH3 is 1. The fraction of sp³-hybridized carbons (Fsp3) is 0.333. The van der Waals surface area contributed by atoms with E-state index in [1.807, 2.05) is 30.4 Å². The second-order valence-corrected chi connectivity index (χ2v) is 8.97. The van der Waals surface area contributed by atoms with E-state index in [1.54, 1.807) is 19.2 Å². The van der Waals surface area contributed by atoms with Crippen molar-refractivity contribution in [1.82, 2.24) is 5.16 Å². The van der Waals surface area contributed by atoms with Gasteiger partial charge < -0.3 is 14.4 Å². The molecule has 1 atom stereocenters. The third kappa shape index (κ3) is 4.70. The van der Waals surface area contributed by atoms with Gasteiger partial charge in [-0.3, -0.25) is 4.79 Å². The quantitative estimate of drug-likeness (QED) is 0.405. The Hall–Kier alpha value is -3.41. The first-order chi connectivity index (χ1) is 16.0. The molecule has 0 radical (unpaired) electrons. The van der Waals surface area contributed by atoms with Crippen LogP contribution in [0.25, 0.3) is 23.4 Å². The van der Waals surface area contributed by atoms with Crippen molar-refractivity contribution in [3.8, 4) is 17.0 Å². The van der Waals surface area contributed by atoms with Crippen LogP contribution in [0.4, 0.5) is 4.39 Å². The van der Waals surface area contributed by atoms with Crippen LogP contribution in [0.5, 0.6) is 5.75 Å². The molecule has 5 nitrogen and oxygen atoms in total. The van der Waals surface area contributed by atoms with Gasteiger partial charge in [-0.15, -0.1) is 0 Å². The Bertz CT molecular complexity index is 1210. The van der Waals surface area contributed by atoms with E-state index in [0.29, 0.717) is 34.6 Å². The summed E-state index contributed by atoms with van der Waals surface area (Å²) >= 11 is 0. The van der Waals surface area contributed by atoms with Gasteiger partial charge in [0.1, 0.15) is 17.3 Å². The Morgan fingerprint density at radius 1 is 1.21 bits per heavy atom. The zero-order chi connectivity index (χ0) is 22.9. The summed E-state index contributed by atoms with van der Waals surface area (Å²) in [5.74, 6) is 0.875. The number of rotatable bonds is 9. The van der Waals surface area contributed by atoms with Crippen molar-refractivity contribution in [2.24, 2.45) is 5.92 Å². The molecule has 2 saturated carbocycles. The first kappa shape index (κ1) is 21.4. The van der Waals surface area contributed by atoms with Crippen molar-refractivity contribution < 1.29 is 23.6 Å². The molecule has 2 fully saturated rings. The number of halogens is 1. The minimum Gasteiger partial charge on any atom is -0.497 e. The molecule has 0 bridgehead atoms. The Morgan fingerprint density at radius 2 is 2.03 bits per heavy atom. The molecule has 1 N–H and O–H groups in total. The molecule has 5 rings (SSSR count). The van der Waals surface area contributed by atoms with Gasteiger partial charge in [-0.2, -0.15) is 0 Å². The maximum absolute atomic E-state index is 14.6. The molecular formula is C27H26FNO4. The number of nitrogens with zero attached hydrogens (tertiary/aromatic N) is 1. The van der Waals surface area contributed by atoms with Crippen molar-refractivity contribution in [3.05, 3.63) is 70.7 Å².